The summed E-state index contributed by atoms with van der Waals surface area (Å²) < 4.78 is 0. The van der Waals surface area contributed by atoms with Crippen LogP contribution in [0.2, 0.25) is 0 Å². The van der Waals surface area contributed by atoms with E-state index in [0.29, 0.717) is 5.78 Å². The van der Waals surface area contributed by atoms with Crippen LogP contribution in [0.1, 0.15) is 85.0 Å². The maximum absolute atomic E-state index is 11.7. The summed E-state index contributed by atoms with van der Waals surface area (Å²) in [5.74, 6) is 0.838. The van der Waals surface area contributed by atoms with Crippen molar-refractivity contribution in [3.05, 3.63) is 0 Å². The molecule has 1 saturated carbocycles. The molecule has 21 heavy (non-hydrogen) atoms. The lowest BCUT2D eigenvalue weighted by Gasteiger charge is -2.09. The SMILES string of the molecule is CC(C)C(=O)CCCCCCCCCNC(=O)C1(C)CC1. The lowest BCUT2D eigenvalue weighted by molar-refractivity contribution is -0.125. The lowest BCUT2D eigenvalue weighted by atomic mass is 10.0. The Balaban J connectivity index is 1.80. The molecule has 0 saturated heterocycles. The highest BCUT2D eigenvalue weighted by Crippen LogP contribution is 2.44. The van der Waals surface area contributed by atoms with E-state index in [4.69, 9.17) is 0 Å². The molecule has 1 aliphatic rings. The number of rotatable bonds is 12. The van der Waals surface area contributed by atoms with Crippen LogP contribution in [0.15, 0.2) is 0 Å². The summed E-state index contributed by atoms with van der Waals surface area (Å²) in [4.78, 5) is 23.1. The van der Waals surface area contributed by atoms with Gasteiger partial charge in [0.1, 0.15) is 5.78 Å². The summed E-state index contributed by atoms with van der Waals surface area (Å²) in [6, 6.07) is 0. The van der Waals surface area contributed by atoms with E-state index in [2.05, 4.69) is 5.32 Å². The monoisotopic (exact) mass is 295 g/mol. The van der Waals surface area contributed by atoms with Gasteiger partial charge in [-0.25, -0.2) is 0 Å². The van der Waals surface area contributed by atoms with Crippen molar-refractivity contribution in [3.8, 4) is 0 Å². The summed E-state index contributed by atoms with van der Waals surface area (Å²) >= 11 is 0. The van der Waals surface area contributed by atoms with Gasteiger partial charge in [-0.3, -0.25) is 9.59 Å². The van der Waals surface area contributed by atoms with E-state index in [1.807, 2.05) is 20.8 Å². The van der Waals surface area contributed by atoms with Gasteiger partial charge in [-0.15, -0.1) is 0 Å². The first kappa shape index (κ1) is 18.2. The van der Waals surface area contributed by atoms with Crippen molar-refractivity contribution in [2.75, 3.05) is 6.54 Å². The first-order valence-corrected chi connectivity index (χ1v) is 8.77. The molecule has 1 rings (SSSR count). The molecule has 3 heteroatoms. The van der Waals surface area contributed by atoms with Crippen molar-refractivity contribution in [3.63, 3.8) is 0 Å². The fourth-order valence-electron chi connectivity index (χ4n) is 2.43. The summed E-state index contributed by atoms with van der Waals surface area (Å²) in [6.45, 7) is 6.83. The van der Waals surface area contributed by atoms with Crippen LogP contribution in [-0.4, -0.2) is 18.2 Å². The van der Waals surface area contributed by atoms with Gasteiger partial charge in [0.15, 0.2) is 0 Å². The van der Waals surface area contributed by atoms with E-state index in [0.717, 1.165) is 38.6 Å². The van der Waals surface area contributed by atoms with Gasteiger partial charge in [0, 0.05) is 24.3 Å². The minimum atomic E-state index is -0.0343. The molecule has 3 nitrogen and oxygen atoms in total. The number of carbonyl (C=O) groups excluding carboxylic acids is 2. The van der Waals surface area contributed by atoms with Crippen LogP contribution in [-0.2, 0) is 9.59 Å². The molecule has 0 heterocycles. The van der Waals surface area contributed by atoms with Crippen molar-refractivity contribution in [2.45, 2.75) is 85.0 Å². The molecule has 1 amide bonds. The molecule has 0 aromatic carbocycles. The predicted octanol–water partition coefficient (Wildman–Crippen LogP) is 4.25. The number of nitrogens with one attached hydrogen (secondary N) is 1. The Kier molecular flexibility index (Phi) is 7.98. The van der Waals surface area contributed by atoms with Crippen molar-refractivity contribution >= 4 is 11.7 Å². The van der Waals surface area contributed by atoms with Crippen LogP contribution in [0.5, 0.6) is 0 Å². The maximum atomic E-state index is 11.7. The van der Waals surface area contributed by atoms with Gasteiger partial charge >= 0.3 is 0 Å². The highest BCUT2D eigenvalue weighted by molar-refractivity contribution is 5.84. The Morgan fingerprint density at radius 1 is 0.952 bits per heavy atom. The fraction of sp³-hybridized carbons (Fsp3) is 0.889. The van der Waals surface area contributed by atoms with Gasteiger partial charge in [-0.05, 0) is 25.7 Å². The second kappa shape index (κ2) is 9.22. The van der Waals surface area contributed by atoms with Crippen molar-refractivity contribution < 1.29 is 9.59 Å². The van der Waals surface area contributed by atoms with Crippen LogP contribution in [0, 0.1) is 11.3 Å². The number of amides is 1. The minimum absolute atomic E-state index is 0.0343. The summed E-state index contributed by atoms with van der Waals surface area (Å²) in [7, 11) is 0. The lowest BCUT2D eigenvalue weighted by Crippen LogP contribution is -2.30. The minimum Gasteiger partial charge on any atom is -0.356 e. The number of unbranched alkanes of at least 4 members (excludes halogenated alkanes) is 6. The van der Waals surface area contributed by atoms with E-state index in [1.54, 1.807) is 0 Å². The number of hydrogen-bond donors (Lipinski definition) is 1. The summed E-state index contributed by atoms with van der Waals surface area (Å²) in [5, 5.41) is 3.04. The van der Waals surface area contributed by atoms with Crippen molar-refractivity contribution in [2.24, 2.45) is 11.3 Å². The number of hydrogen-bond acceptors (Lipinski definition) is 2. The zero-order chi connectivity index (χ0) is 15.7. The Bertz CT molecular complexity index is 332. The Morgan fingerprint density at radius 3 is 2.00 bits per heavy atom. The molecular formula is C18H33NO2. The smallest absolute Gasteiger partial charge is 0.225 e. The fourth-order valence-corrected chi connectivity index (χ4v) is 2.43. The van der Waals surface area contributed by atoms with Crippen LogP contribution >= 0.6 is 0 Å². The molecule has 0 aromatic heterocycles. The van der Waals surface area contributed by atoms with Gasteiger partial charge in [0.2, 0.25) is 5.91 Å². The van der Waals surface area contributed by atoms with E-state index in [1.165, 1.54) is 32.1 Å². The molecule has 122 valence electrons. The molecule has 0 atom stereocenters. The van der Waals surface area contributed by atoms with Crippen molar-refractivity contribution in [1.82, 2.24) is 5.32 Å². The third-order valence-electron chi connectivity index (χ3n) is 4.58. The van der Waals surface area contributed by atoms with Crippen LogP contribution in [0.3, 0.4) is 0 Å². The third-order valence-corrected chi connectivity index (χ3v) is 4.58. The topological polar surface area (TPSA) is 46.2 Å². The predicted molar refractivity (Wildman–Crippen MR) is 87.1 cm³/mol. The summed E-state index contributed by atoms with van der Waals surface area (Å²) in [6.07, 6.45) is 11.1. The number of carbonyl (C=O) groups is 2. The molecule has 1 aliphatic carbocycles. The Labute approximate surface area is 130 Å². The van der Waals surface area contributed by atoms with Gasteiger partial charge in [-0.2, -0.15) is 0 Å². The second-order valence-electron chi connectivity index (χ2n) is 7.16. The molecule has 0 unspecified atom stereocenters. The number of ketones is 1. The first-order chi connectivity index (χ1) is 9.96. The van der Waals surface area contributed by atoms with Gasteiger partial charge in [0.05, 0.1) is 0 Å². The van der Waals surface area contributed by atoms with Crippen LogP contribution in [0.4, 0.5) is 0 Å². The third kappa shape index (κ3) is 7.63. The average Bonchev–Trinajstić information content (AvgIpc) is 3.19. The zero-order valence-corrected chi connectivity index (χ0v) is 14.2. The van der Waals surface area contributed by atoms with Gasteiger partial charge < -0.3 is 5.32 Å². The van der Waals surface area contributed by atoms with E-state index >= 15 is 0 Å². The molecule has 0 spiro atoms. The van der Waals surface area contributed by atoms with Crippen molar-refractivity contribution in [1.29, 1.82) is 0 Å². The molecule has 1 fully saturated rings. The second-order valence-corrected chi connectivity index (χ2v) is 7.16. The first-order valence-electron chi connectivity index (χ1n) is 8.77. The largest absolute Gasteiger partial charge is 0.356 e. The summed E-state index contributed by atoms with van der Waals surface area (Å²) in [5.41, 5.74) is -0.0343. The van der Waals surface area contributed by atoms with E-state index in [-0.39, 0.29) is 17.2 Å². The van der Waals surface area contributed by atoms with E-state index < -0.39 is 0 Å². The van der Waals surface area contributed by atoms with Gasteiger partial charge in [0.25, 0.3) is 0 Å². The quantitative estimate of drug-likeness (QED) is 0.547. The van der Waals surface area contributed by atoms with Gasteiger partial charge in [-0.1, -0.05) is 52.9 Å². The average molecular weight is 295 g/mol. The number of Topliss-reactive ketones (excluding diaryl/α,β-unsaturated/α-hetero) is 1. The van der Waals surface area contributed by atoms with Crippen LogP contribution in [0.25, 0.3) is 0 Å². The van der Waals surface area contributed by atoms with Crippen LogP contribution < -0.4 is 5.32 Å². The molecule has 1 N–H and O–H groups in total. The highest BCUT2D eigenvalue weighted by atomic mass is 16.2. The molecular weight excluding hydrogens is 262 g/mol. The van der Waals surface area contributed by atoms with E-state index in [9.17, 15) is 9.59 Å². The Morgan fingerprint density at radius 2 is 1.48 bits per heavy atom. The highest BCUT2D eigenvalue weighted by Gasteiger charge is 2.44. The molecule has 0 bridgehead atoms. The zero-order valence-electron chi connectivity index (χ0n) is 14.2. The molecule has 0 aromatic rings. The standard InChI is InChI=1S/C18H33NO2/c1-15(2)16(20)11-9-7-5-4-6-8-10-14-19-17(21)18(3)12-13-18/h15H,4-14H2,1-3H3,(H,19,21). The Hall–Kier alpha value is -0.860. The maximum Gasteiger partial charge on any atom is 0.225 e. The molecule has 0 radical (unpaired) electrons. The normalized spacial score (nSPS) is 16.0. The molecule has 0 aliphatic heterocycles.